The van der Waals surface area contributed by atoms with E-state index in [0.29, 0.717) is 12.2 Å². The van der Waals surface area contributed by atoms with Crippen molar-refractivity contribution in [3.8, 4) is 0 Å². The molecular formula is C16H18BrFN2O2S. The zero-order chi connectivity index (χ0) is 17.0. The van der Waals surface area contributed by atoms with Crippen molar-refractivity contribution in [3.63, 3.8) is 0 Å². The van der Waals surface area contributed by atoms with E-state index in [9.17, 15) is 9.18 Å². The van der Waals surface area contributed by atoms with Gasteiger partial charge in [0.05, 0.1) is 5.69 Å². The first-order valence-electron chi connectivity index (χ1n) is 6.99. The summed E-state index contributed by atoms with van der Waals surface area (Å²) in [5.74, 6) is -0.514. The molecule has 1 heterocycles. The lowest BCUT2D eigenvalue weighted by molar-refractivity contribution is 0.0635. The molecule has 1 aromatic carbocycles. The predicted molar refractivity (Wildman–Crippen MR) is 95.6 cm³/mol. The first kappa shape index (κ1) is 17.7. The minimum absolute atomic E-state index is 0.0802. The number of thiophene rings is 1. The van der Waals surface area contributed by atoms with Crippen LogP contribution in [0.3, 0.4) is 0 Å². The molecule has 4 nitrogen and oxygen atoms in total. The topological polar surface area (TPSA) is 50.4 Å². The molecule has 0 unspecified atom stereocenters. The number of amides is 1. The van der Waals surface area contributed by atoms with Crippen LogP contribution < -0.4 is 10.6 Å². The number of carbonyl (C=O) groups is 1. The largest absolute Gasteiger partial charge is 0.444 e. The molecule has 0 bridgehead atoms. The molecule has 0 fully saturated rings. The smallest absolute Gasteiger partial charge is 0.412 e. The van der Waals surface area contributed by atoms with Gasteiger partial charge < -0.3 is 10.1 Å². The van der Waals surface area contributed by atoms with E-state index in [4.69, 9.17) is 4.74 Å². The SMILES string of the molecule is CC(C)(C)OC(=O)Nc1cc(NCc2cc(Br)cs2)ccc1F. The van der Waals surface area contributed by atoms with Crippen molar-refractivity contribution in [2.45, 2.75) is 32.9 Å². The normalized spacial score (nSPS) is 11.2. The van der Waals surface area contributed by atoms with E-state index in [2.05, 4.69) is 26.6 Å². The molecule has 1 aromatic heterocycles. The highest BCUT2D eigenvalue weighted by molar-refractivity contribution is 9.10. The molecule has 0 spiro atoms. The Balaban J connectivity index is 2.02. The first-order valence-corrected chi connectivity index (χ1v) is 8.66. The Bertz CT molecular complexity index is 698. The van der Waals surface area contributed by atoms with Crippen molar-refractivity contribution >= 4 is 44.7 Å². The van der Waals surface area contributed by atoms with Crippen LogP contribution in [0.1, 0.15) is 25.6 Å². The van der Waals surface area contributed by atoms with Gasteiger partial charge in [0.1, 0.15) is 11.4 Å². The lowest BCUT2D eigenvalue weighted by Crippen LogP contribution is -2.27. The van der Waals surface area contributed by atoms with Crippen molar-refractivity contribution in [2.75, 3.05) is 10.6 Å². The van der Waals surface area contributed by atoms with Crippen molar-refractivity contribution < 1.29 is 13.9 Å². The number of anilines is 2. The van der Waals surface area contributed by atoms with Crippen molar-refractivity contribution in [1.82, 2.24) is 0 Å². The van der Waals surface area contributed by atoms with Gasteiger partial charge in [0, 0.05) is 27.0 Å². The van der Waals surface area contributed by atoms with E-state index in [0.717, 1.165) is 9.35 Å². The number of carbonyl (C=O) groups excluding carboxylic acids is 1. The Hall–Kier alpha value is -1.60. The van der Waals surface area contributed by atoms with Gasteiger partial charge in [0.15, 0.2) is 0 Å². The lowest BCUT2D eigenvalue weighted by atomic mass is 10.2. The second-order valence-corrected chi connectivity index (χ2v) is 7.82. The molecule has 0 saturated heterocycles. The fraction of sp³-hybridized carbons (Fsp3) is 0.312. The summed E-state index contributed by atoms with van der Waals surface area (Å²) in [7, 11) is 0. The van der Waals surface area contributed by atoms with Crippen molar-refractivity contribution in [3.05, 3.63) is 44.8 Å². The van der Waals surface area contributed by atoms with E-state index in [1.165, 1.54) is 6.07 Å². The van der Waals surface area contributed by atoms with Crippen LogP contribution in [0.25, 0.3) is 0 Å². The molecule has 0 radical (unpaired) electrons. The molecule has 0 aliphatic rings. The fourth-order valence-electron chi connectivity index (χ4n) is 1.78. The molecule has 1 amide bonds. The quantitative estimate of drug-likeness (QED) is 0.700. The number of hydrogen-bond donors (Lipinski definition) is 2. The first-order chi connectivity index (χ1) is 10.7. The number of nitrogens with one attached hydrogen (secondary N) is 2. The maximum Gasteiger partial charge on any atom is 0.412 e. The van der Waals surface area contributed by atoms with Crippen LogP contribution in [0.2, 0.25) is 0 Å². The number of ether oxygens (including phenoxy) is 1. The molecule has 23 heavy (non-hydrogen) atoms. The third-order valence-corrected chi connectivity index (χ3v) is 4.39. The lowest BCUT2D eigenvalue weighted by Gasteiger charge is -2.20. The van der Waals surface area contributed by atoms with Gasteiger partial charge in [-0.1, -0.05) is 0 Å². The summed E-state index contributed by atoms with van der Waals surface area (Å²) >= 11 is 5.02. The standard InChI is InChI=1S/C16H18BrFN2O2S/c1-16(2,3)22-15(21)20-14-7-11(4-5-13(14)18)19-8-12-6-10(17)9-23-12/h4-7,9,19H,8H2,1-3H3,(H,20,21). The van der Waals surface area contributed by atoms with Crippen LogP contribution in [0.15, 0.2) is 34.1 Å². The van der Waals surface area contributed by atoms with Crippen LogP contribution >= 0.6 is 27.3 Å². The highest BCUT2D eigenvalue weighted by Crippen LogP contribution is 2.23. The van der Waals surface area contributed by atoms with Crippen molar-refractivity contribution in [2.24, 2.45) is 0 Å². The molecular weight excluding hydrogens is 383 g/mol. The highest BCUT2D eigenvalue weighted by atomic mass is 79.9. The molecule has 124 valence electrons. The van der Waals surface area contributed by atoms with Gasteiger partial charge in [-0.25, -0.2) is 9.18 Å². The molecule has 0 aliphatic heterocycles. The van der Waals surface area contributed by atoms with Crippen molar-refractivity contribution in [1.29, 1.82) is 0 Å². The molecule has 2 aromatic rings. The van der Waals surface area contributed by atoms with Gasteiger partial charge in [-0.3, -0.25) is 5.32 Å². The van der Waals surface area contributed by atoms with Crippen LogP contribution in [0, 0.1) is 5.82 Å². The van der Waals surface area contributed by atoms with E-state index in [1.54, 1.807) is 44.2 Å². The summed E-state index contributed by atoms with van der Waals surface area (Å²) in [6.45, 7) is 5.87. The second kappa shape index (κ2) is 7.31. The minimum atomic E-state index is -0.685. The summed E-state index contributed by atoms with van der Waals surface area (Å²) in [6.07, 6.45) is -0.685. The Labute approximate surface area is 147 Å². The second-order valence-electron chi connectivity index (χ2n) is 5.91. The minimum Gasteiger partial charge on any atom is -0.444 e. The van der Waals surface area contributed by atoms with E-state index < -0.39 is 17.5 Å². The summed E-state index contributed by atoms with van der Waals surface area (Å²) < 4.78 is 20.0. The third-order valence-electron chi connectivity index (χ3n) is 2.69. The molecule has 7 heteroatoms. The van der Waals surface area contributed by atoms with Gasteiger partial charge in [-0.05, 0) is 61.0 Å². The molecule has 2 N–H and O–H groups in total. The maximum atomic E-state index is 13.8. The number of hydrogen-bond acceptors (Lipinski definition) is 4. The fourth-order valence-corrected chi connectivity index (χ4v) is 3.17. The van der Waals surface area contributed by atoms with E-state index in [1.807, 2.05) is 11.4 Å². The van der Waals surface area contributed by atoms with Crippen LogP contribution in [-0.4, -0.2) is 11.7 Å². The summed E-state index contributed by atoms with van der Waals surface area (Å²) in [6, 6.07) is 6.49. The number of halogens is 2. The Kier molecular flexibility index (Phi) is 5.64. The average Bonchev–Trinajstić information content (AvgIpc) is 2.83. The van der Waals surface area contributed by atoms with E-state index >= 15 is 0 Å². The Morgan fingerprint density at radius 1 is 1.35 bits per heavy atom. The average molecular weight is 401 g/mol. The Morgan fingerprint density at radius 2 is 2.09 bits per heavy atom. The van der Waals surface area contributed by atoms with Gasteiger partial charge in [-0.15, -0.1) is 11.3 Å². The predicted octanol–water partition coefficient (Wildman–Crippen LogP) is 5.61. The summed E-state index contributed by atoms with van der Waals surface area (Å²) in [4.78, 5) is 12.9. The molecule has 0 saturated carbocycles. The van der Waals surface area contributed by atoms with E-state index in [-0.39, 0.29) is 5.69 Å². The monoisotopic (exact) mass is 400 g/mol. The number of rotatable bonds is 4. The third kappa shape index (κ3) is 5.84. The van der Waals surface area contributed by atoms with Gasteiger partial charge in [-0.2, -0.15) is 0 Å². The number of benzene rings is 1. The molecule has 0 atom stereocenters. The Morgan fingerprint density at radius 3 is 2.70 bits per heavy atom. The van der Waals surface area contributed by atoms with Gasteiger partial charge >= 0.3 is 6.09 Å². The zero-order valence-corrected chi connectivity index (χ0v) is 15.5. The molecule has 0 aliphatic carbocycles. The molecule has 2 rings (SSSR count). The van der Waals surface area contributed by atoms with Crippen LogP contribution in [0.4, 0.5) is 20.6 Å². The highest BCUT2D eigenvalue weighted by Gasteiger charge is 2.17. The van der Waals surface area contributed by atoms with Gasteiger partial charge in [0.2, 0.25) is 0 Å². The van der Waals surface area contributed by atoms with Gasteiger partial charge in [0.25, 0.3) is 0 Å². The van der Waals surface area contributed by atoms with Crippen LogP contribution in [0.5, 0.6) is 0 Å². The summed E-state index contributed by atoms with van der Waals surface area (Å²) in [5, 5.41) is 7.62. The van der Waals surface area contributed by atoms with Crippen LogP contribution in [-0.2, 0) is 11.3 Å². The summed E-state index contributed by atoms with van der Waals surface area (Å²) in [5.41, 5.74) is 0.154. The maximum absolute atomic E-state index is 13.8. The zero-order valence-electron chi connectivity index (χ0n) is 13.1.